The van der Waals surface area contributed by atoms with Crippen LogP contribution < -0.4 is 4.90 Å². The zero-order chi connectivity index (χ0) is 18.3. The molecule has 2 fully saturated rings. The predicted octanol–water partition coefficient (Wildman–Crippen LogP) is 3.95. The fourth-order valence-electron chi connectivity index (χ4n) is 4.06. The van der Waals surface area contributed by atoms with Crippen molar-refractivity contribution in [2.75, 3.05) is 18.1 Å². The molecule has 0 radical (unpaired) electrons. The van der Waals surface area contributed by atoms with Crippen LogP contribution in [0.5, 0.6) is 0 Å². The number of carbonyl (C=O) groups is 1. The molecule has 4 rings (SSSR count). The highest BCUT2D eigenvalue weighted by Gasteiger charge is 2.35. The van der Waals surface area contributed by atoms with Gasteiger partial charge in [-0.25, -0.2) is 4.79 Å². The molecule has 1 aromatic heterocycles. The quantitative estimate of drug-likeness (QED) is 0.765. The molecule has 2 aromatic rings. The second-order valence-electron chi connectivity index (χ2n) is 8.25. The molecule has 26 heavy (non-hydrogen) atoms. The van der Waals surface area contributed by atoms with Crippen molar-refractivity contribution >= 4 is 22.6 Å². The normalized spacial score (nSPS) is 23.1. The fourth-order valence-corrected chi connectivity index (χ4v) is 4.06. The first kappa shape index (κ1) is 17.3. The number of piperidine rings is 1. The van der Waals surface area contributed by atoms with Gasteiger partial charge in [-0.05, 0) is 64.3 Å². The minimum absolute atomic E-state index is 0.302. The van der Waals surface area contributed by atoms with E-state index in [9.17, 15) is 4.79 Å². The molecule has 0 saturated carbocycles. The number of carbonyl (C=O) groups excluding carboxylic acids is 1. The van der Waals surface area contributed by atoms with E-state index in [0.717, 1.165) is 42.6 Å². The van der Waals surface area contributed by atoms with E-state index in [0.29, 0.717) is 17.6 Å². The Kier molecular flexibility index (Phi) is 4.35. The third kappa shape index (κ3) is 3.28. The van der Waals surface area contributed by atoms with Gasteiger partial charge in [-0.15, -0.1) is 0 Å². The van der Waals surface area contributed by atoms with Gasteiger partial charge in [0.25, 0.3) is 0 Å². The minimum atomic E-state index is -0.522. The third-order valence-electron chi connectivity index (χ3n) is 5.12. The van der Waals surface area contributed by atoms with Gasteiger partial charge < -0.3 is 14.4 Å². The van der Waals surface area contributed by atoms with Crippen LogP contribution >= 0.6 is 0 Å². The van der Waals surface area contributed by atoms with E-state index >= 15 is 0 Å². The highest BCUT2D eigenvalue weighted by Crippen LogP contribution is 2.34. The van der Waals surface area contributed by atoms with Crippen molar-refractivity contribution in [1.82, 2.24) is 4.98 Å². The summed E-state index contributed by atoms with van der Waals surface area (Å²) in [6.07, 6.45) is 5.24. The third-order valence-corrected chi connectivity index (χ3v) is 5.12. The second kappa shape index (κ2) is 6.54. The summed E-state index contributed by atoms with van der Waals surface area (Å²) in [5, 5.41) is 0.851. The Morgan fingerprint density at radius 3 is 2.62 bits per heavy atom. The molecule has 5 heteroatoms. The van der Waals surface area contributed by atoms with Crippen LogP contribution in [0.2, 0.25) is 0 Å². The van der Waals surface area contributed by atoms with Crippen molar-refractivity contribution in [2.24, 2.45) is 0 Å². The maximum absolute atomic E-state index is 12.7. The number of nitrogens with zero attached hydrogens (tertiary/aromatic N) is 2. The van der Waals surface area contributed by atoms with Gasteiger partial charge in [0, 0.05) is 17.3 Å². The zero-order valence-corrected chi connectivity index (χ0v) is 15.7. The Hall–Kier alpha value is -2.14. The van der Waals surface area contributed by atoms with Crippen LogP contribution in [-0.4, -0.2) is 41.9 Å². The number of ether oxygens (including phenoxy) is 2. The summed E-state index contributed by atoms with van der Waals surface area (Å²) in [5.41, 5.74) is 2.01. The number of fused-ring (bicyclic) bond motifs is 3. The van der Waals surface area contributed by atoms with Crippen molar-refractivity contribution < 1.29 is 14.3 Å². The van der Waals surface area contributed by atoms with Gasteiger partial charge in [-0.2, -0.15) is 0 Å². The van der Waals surface area contributed by atoms with E-state index in [-0.39, 0.29) is 5.97 Å². The summed E-state index contributed by atoms with van der Waals surface area (Å²) in [4.78, 5) is 19.6. The lowest BCUT2D eigenvalue weighted by Crippen LogP contribution is -2.55. The van der Waals surface area contributed by atoms with Gasteiger partial charge in [0.1, 0.15) is 5.60 Å². The summed E-state index contributed by atoms with van der Waals surface area (Å²) >= 11 is 0. The van der Waals surface area contributed by atoms with Gasteiger partial charge in [-0.3, -0.25) is 4.98 Å². The average molecular weight is 354 g/mol. The standard InChI is InChI=1S/C21H26N2O3/c1-21(2,3)26-20(24)17-9-10-22-19-8-7-14(11-18(17)19)23-15-5-4-6-16(23)13-25-12-15/h7-11,15-16H,4-6,12-13H2,1-3H3. The Morgan fingerprint density at radius 1 is 1.19 bits per heavy atom. The number of hydrogen-bond acceptors (Lipinski definition) is 5. The first-order valence-electron chi connectivity index (χ1n) is 9.40. The molecule has 2 aliphatic rings. The van der Waals surface area contributed by atoms with Crippen molar-refractivity contribution in [3.63, 3.8) is 0 Å². The molecule has 138 valence electrons. The van der Waals surface area contributed by atoms with E-state index < -0.39 is 5.60 Å². The zero-order valence-electron chi connectivity index (χ0n) is 15.7. The second-order valence-corrected chi connectivity index (χ2v) is 8.25. The number of hydrogen-bond donors (Lipinski definition) is 0. The number of benzene rings is 1. The SMILES string of the molecule is CC(C)(C)OC(=O)c1ccnc2ccc(N3C4CCCC3COC4)cc12. The van der Waals surface area contributed by atoms with Gasteiger partial charge >= 0.3 is 5.97 Å². The Labute approximate surface area is 154 Å². The average Bonchev–Trinajstić information content (AvgIpc) is 2.58. The van der Waals surface area contributed by atoms with Crippen LogP contribution in [0.1, 0.15) is 50.4 Å². The molecule has 2 bridgehead atoms. The number of esters is 1. The summed E-state index contributed by atoms with van der Waals surface area (Å²) in [6, 6.07) is 8.80. The predicted molar refractivity (Wildman–Crippen MR) is 102 cm³/mol. The highest BCUT2D eigenvalue weighted by molar-refractivity contribution is 6.04. The minimum Gasteiger partial charge on any atom is -0.456 e. The molecule has 1 aromatic carbocycles. The molecule has 2 atom stereocenters. The summed E-state index contributed by atoms with van der Waals surface area (Å²) in [5.74, 6) is -0.302. The van der Waals surface area contributed by atoms with Crippen molar-refractivity contribution in [3.8, 4) is 0 Å². The van der Waals surface area contributed by atoms with E-state index in [1.807, 2.05) is 26.8 Å². The molecule has 2 saturated heterocycles. The lowest BCUT2D eigenvalue weighted by atomic mass is 9.93. The first-order valence-corrected chi connectivity index (χ1v) is 9.40. The maximum atomic E-state index is 12.7. The number of pyridine rings is 1. The van der Waals surface area contributed by atoms with Gasteiger partial charge in [0.15, 0.2) is 0 Å². The van der Waals surface area contributed by atoms with E-state index in [1.165, 1.54) is 6.42 Å². The molecule has 2 unspecified atom stereocenters. The van der Waals surface area contributed by atoms with E-state index in [1.54, 1.807) is 12.3 Å². The molecule has 0 amide bonds. The molecular formula is C21H26N2O3. The van der Waals surface area contributed by atoms with Crippen LogP contribution in [0.3, 0.4) is 0 Å². The molecule has 2 aliphatic heterocycles. The Morgan fingerprint density at radius 2 is 1.92 bits per heavy atom. The summed E-state index contributed by atoms with van der Waals surface area (Å²) in [6.45, 7) is 7.21. The molecule has 3 heterocycles. The van der Waals surface area contributed by atoms with Crippen molar-refractivity contribution in [1.29, 1.82) is 0 Å². The fraction of sp³-hybridized carbons (Fsp3) is 0.524. The maximum Gasteiger partial charge on any atom is 0.339 e. The van der Waals surface area contributed by atoms with Crippen LogP contribution in [0.15, 0.2) is 30.5 Å². The number of morpholine rings is 1. The summed E-state index contributed by atoms with van der Waals surface area (Å²) in [7, 11) is 0. The molecule has 0 N–H and O–H groups in total. The highest BCUT2D eigenvalue weighted by atomic mass is 16.6. The Bertz CT molecular complexity index is 806. The van der Waals surface area contributed by atoms with Gasteiger partial charge in [0.2, 0.25) is 0 Å². The monoisotopic (exact) mass is 354 g/mol. The Balaban J connectivity index is 1.74. The lowest BCUT2D eigenvalue weighted by Gasteiger charge is -2.47. The van der Waals surface area contributed by atoms with Crippen LogP contribution in [0.4, 0.5) is 5.69 Å². The molecular weight excluding hydrogens is 328 g/mol. The molecule has 0 spiro atoms. The molecule has 0 aliphatic carbocycles. The van der Waals surface area contributed by atoms with Crippen molar-refractivity contribution in [2.45, 2.75) is 57.7 Å². The molecule has 5 nitrogen and oxygen atoms in total. The van der Waals surface area contributed by atoms with Crippen LogP contribution in [-0.2, 0) is 9.47 Å². The van der Waals surface area contributed by atoms with Crippen LogP contribution in [0, 0.1) is 0 Å². The van der Waals surface area contributed by atoms with Gasteiger partial charge in [-0.1, -0.05) is 0 Å². The van der Waals surface area contributed by atoms with E-state index in [4.69, 9.17) is 9.47 Å². The smallest absolute Gasteiger partial charge is 0.339 e. The topological polar surface area (TPSA) is 51.7 Å². The largest absolute Gasteiger partial charge is 0.456 e. The summed E-state index contributed by atoms with van der Waals surface area (Å²) < 4.78 is 11.4. The lowest BCUT2D eigenvalue weighted by molar-refractivity contribution is 0.00717. The first-order chi connectivity index (χ1) is 12.4. The number of rotatable bonds is 2. The van der Waals surface area contributed by atoms with Crippen molar-refractivity contribution in [3.05, 3.63) is 36.0 Å². The van der Waals surface area contributed by atoms with E-state index in [2.05, 4.69) is 22.0 Å². The van der Waals surface area contributed by atoms with Gasteiger partial charge in [0.05, 0.1) is 36.4 Å². The van der Waals surface area contributed by atoms with Crippen LogP contribution in [0.25, 0.3) is 10.9 Å². The number of aromatic nitrogens is 1. The number of anilines is 1.